The van der Waals surface area contributed by atoms with Crippen molar-refractivity contribution in [1.29, 1.82) is 0 Å². The van der Waals surface area contributed by atoms with Crippen LogP contribution in [0.15, 0.2) is 41.4 Å². The summed E-state index contributed by atoms with van der Waals surface area (Å²) in [5.41, 5.74) is 1.99. The van der Waals surface area contributed by atoms with Crippen molar-refractivity contribution in [3.8, 4) is 0 Å². The minimum Gasteiger partial charge on any atom is -0.353 e. The van der Waals surface area contributed by atoms with Gasteiger partial charge in [-0.2, -0.15) is 0 Å². The molecular weight excluding hydrogens is 384 g/mol. The topological polar surface area (TPSA) is 103 Å². The van der Waals surface area contributed by atoms with E-state index in [-0.39, 0.29) is 11.6 Å². The molecule has 162 valence electrons. The van der Waals surface area contributed by atoms with Crippen molar-refractivity contribution >= 4 is 17.6 Å². The number of nitrogens with one attached hydrogen (secondary N) is 2. The zero-order chi connectivity index (χ0) is 21.5. The number of rotatable bonds is 8. The lowest BCUT2D eigenvalue weighted by atomic mass is 10.2. The maximum Gasteiger partial charge on any atom is 0.269 e. The van der Waals surface area contributed by atoms with Crippen LogP contribution >= 0.6 is 0 Å². The lowest BCUT2D eigenvalue weighted by Gasteiger charge is -2.36. The SMILES string of the molecule is C=C(C)CNC(=NCc1ccc([N+](=O)[O-])cc1)N1CCN(CC(=O)NC2CC2)CC1. The Morgan fingerprint density at radius 2 is 1.90 bits per heavy atom. The number of benzene rings is 1. The molecule has 0 aromatic heterocycles. The molecule has 2 fully saturated rings. The summed E-state index contributed by atoms with van der Waals surface area (Å²) in [4.78, 5) is 31.5. The maximum absolute atomic E-state index is 12.0. The second kappa shape index (κ2) is 10.2. The van der Waals surface area contributed by atoms with Gasteiger partial charge in [0.15, 0.2) is 5.96 Å². The molecule has 0 radical (unpaired) electrons. The Morgan fingerprint density at radius 3 is 2.47 bits per heavy atom. The molecule has 30 heavy (non-hydrogen) atoms. The Morgan fingerprint density at radius 1 is 1.23 bits per heavy atom. The van der Waals surface area contributed by atoms with Gasteiger partial charge >= 0.3 is 0 Å². The Balaban J connectivity index is 1.56. The van der Waals surface area contributed by atoms with Gasteiger partial charge in [-0.15, -0.1) is 0 Å². The number of hydrogen-bond acceptors (Lipinski definition) is 5. The monoisotopic (exact) mass is 414 g/mol. The average Bonchev–Trinajstić information content (AvgIpc) is 3.53. The van der Waals surface area contributed by atoms with Crippen LogP contribution in [0.5, 0.6) is 0 Å². The molecule has 0 unspecified atom stereocenters. The van der Waals surface area contributed by atoms with Crippen molar-refractivity contribution in [1.82, 2.24) is 20.4 Å². The van der Waals surface area contributed by atoms with Gasteiger partial charge in [0, 0.05) is 50.9 Å². The van der Waals surface area contributed by atoms with Crippen LogP contribution in [0.2, 0.25) is 0 Å². The number of carbonyl (C=O) groups is 1. The van der Waals surface area contributed by atoms with Crippen LogP contribution in [0.4, 0.5) is 5.69 Å². The number of carbonyl (C=O) groups excluding carboxylic acids is 1. The summed E-state index contributed by atoms with van der Waals surface area (Å²) in [6.45, 7) is 10.5. The molecule has 1 saturated carbocycles. The largest absolute Gasteiger partial charge is 0.353 e. The molecule has 1 aromatic carbocycles. The Bertz CT molecular complexity index is 795. The van der Waals surface area contributed by atoms with E-state index < -0.39 is 4.92 Å². The van der Waals surface area contributed by atoms with Crippen LogP contribution in [0.25, 0.3) is 0 Å². The molecule has 1 aromatic rings. The molecule has 2 aliphatic rings. The Labute approximate surface area is 177 Å². The van der Waals surface area contributed by atoms with E-state index >= 15 is 0 Å². The van der Waals surface area contributed by atoms with Crippen molar-refractivity contribution < 1.29 is 9.72 Å². The maximum atomic E-state index is 12.0. The van der Waals surface area contributed by atoms with Gasteiger partial charge in [-0.1, -0.05) is 24.3 Å². The molecule has 0 atom stereocenters. The van der Waals surface area contributed by atoms with Gasteiger partial charge in [0.2, 0.25) is 5.91 Å². The number of guanidine groups is 1. The normalized spacial score (nSPS) is 17.5. The van der Waals surface area contributed by atoms with Crippen molar-refractivity contribution in [2.75, 3.05) is 39.3 Å². The molecule has 3 rings (SSSR count). The number of non-ortho nitro benzene ring substituents is 1. The number of nitro groups is 1. The summed E-state index contributed by atoms with van der Waals surface area (Å²) < 4.78 is 0. The highest BCUT2D eigenvalue weighted by Gasteiger charge is 2.26. The number of nitro benzene ring substituents is 1. The van der Waals surface area contributed by atoms with Gasteiger partial charge in [0.1, 0.15) is 0 Å². The summed E-state index contributed by atoms with van der Waals surface area (Å²) in [6, 6.07) is 6.85. The van der Waals surface area contributed by atoms with Crippen LogP contribution < -0.4 is 10.6 Å². The van der Waals surface area contributed by atoms with E-state index in [9.17, 15) is 14.9 Å². The summed E-state index contributed by atoms with van der Waals surface area (Å²) in [7, 11) is 0. The Hall–Kier alpha value is -2.94. The minimum atomic E-state index is -0.405. The highest BCUT2D eigenvalue weighted by molar-refractivity contribution is 5.81. The van der Waals surface area contributed by atoms with Gasteiger partial charge in [-0.25, -0.2) is 4.99 Å². The highest BCUT2D eigenvalue weighted by Crippen LogP contribution is 2.18. The van der Waals surface area contributed by atoms with Gasteiger partial charge in [-0.05, 0) is 25.3 Å². The van der Waals surface area contributed by atoms with E-state index in [1.807, 2.05) is 6.92 Å². The minimum absolute atomic E-state index is 0.0743. The fraction of sp³-hybridized carbons (Fsp3) is 0.524. The first-order valence-electron chi connectivity index (χ1n) is 10.3. The van der Waals surface area contributed by atoms with E-state index in [2.05, 4.69) is 27.0 Å². The number of nitrogens with zero attached hydrogens (tertiary/aromatic N) is 4. The van der Waals surface area contributed by atoms with Gasteiger partial charge < -0.3 is 15.5 Å². The smallest absolute Gasteiger partial charge is 0.269 e. The molecule has 1 saturated heterocycles. The zero-order valence-corrected chi connectivity index (χ0v) is 17.5. The molecule has 9 heteroatoms. The third kappa shape index (κ3) is 6.84. The number of aliphatic imine (C=N–C) groups is 1. The number of amides is 1. The van der Waals surface area contributed by atoms with E-state index in [1.165, 1.54) is 12.1 Å². The number of hydrogen-bond donors (Lipinski definition) is 2. The standard InChI is InChI=1S/C21H30N6O3/c1-16(2)13-22-21(23-14-17-3-7-19(8-4-17)27(29)30)26-11-9-25(10-12-26)15-20(28)24-18-5-6-18/h3-4,7-8,18H,1,5-6,9-15H2,2H3,(H,22,23)(H,24,28). The summed E-state index contributed by atoms with van der Waals surface area (Å²) in [6.07, 6.45) is 2.20. The van der Waals surface area contributed by atoms with Gasteiger partial charge in [-0.3, -0.25) is 19.8 Å². The second-order valence-electron chi connectivity index (χ2n) is 7.98. The van der Waals surface area contributed by atoms with Crippen LogP contribution in [0.3, 0.4) is 0 Å². The summed E-state index contributed by atoms with van der Waals surface area (Å²) in [5, 5.41) is 17.2. The molecule has 1 aliphatic heterocycles. The van der Waals surface area contributed by atoms with Crippen molar-refractivity contribution in [3.05, 3.63) is 52.1 Å². The fourth-order valence-corrected chi connectivity index (χ4v) is 3.21. The van der Waals surface area contributed by atoms with Crippen LogP contribution in [0, 0.1) is 10.1 Å². The van der Waals surface area contributed by atoms with Gasteiger partial charge in [0.25, 0.3) is 5.69 Å². The fourth-order valence-electron chi connectivity index (χ4n) is 3.21. The highest BCUT2D eigenvalue weighted by atomic mass is 16.6. The molecule has 1 aliphatic carbocycles. The van der Waals surface area contributed by atoms with Crippen LogP contribution in [-0.2, 0) is 11.3 Å². The first-order valence-corrected chi connectivity index (χ1v) is 10.3. The van der Waals surface area contributed by atoms with Crippen molar-refractivity contribution in [3.63, 3.8) is 0 Å². The van der Waals surface area contributed by atoms with E-state index in [0.717, 1.165) is 56.1 Å². The first-order chi connectivity index (χ1) is 14.4. The third-order valence-corrected chi connectivity index (χ3v) is 5.09. The van der Waals surface area contributed by atoms with E-state index in [0.29, 0.717) is 25.7 Å². The quantitative estimate of drug-likeness (QED) is 0.220. The predicted molar refractivity (Wildman–Crippen MR) is 116 cm³/mol. The molecule has 0 bridgehead atoms. The number of piperazine rings is 1. The van der Waals surface area contributed by atoms with E-state index in [4.69, 9.17) is 4.99 Å². The van der Waals surface area contributed by atoms with Gasteiger partial charge in [0.05, 0.1) is 18.0 Å². The molecule has 2 N–H and O–H groups in total. The molecule has 0 spiro atoms. The molecule has 1 amide bonds. The van der Waals surface area contributed by atoms with E-state index in [1.54, 1.807) is 12.1 Å². The predicted octanol–water partition coefficient (Wildman–Crippen LogP) is 1.51. The first kappa shape index (κ1) is 21.8. The van der Waals surface area contributed by atoms with Crippen molar-refractivity contribution in [2.45, 2.75) is 32.4 Å². The Kier molecular flexibility index (Phi) is 7.40. The van der Waals surface area contributed by atoms with Crippen LogP contribution in [0.1, 0.15) is 25.3 Å². The summed E-state index contributed by atoms with van der Waals surface area (Å²) in [5.74, 6) is 0.900. The average molecular weight is 415 g/mol. The lowest BCUT2D eigenvalue weighted by Crippen LogP contribution is -2.54. The third-order valence-electron chi connectivity index (χ3n) is 5.09. The van der Waals surface area contributed by atoms with Crippen LogP contribution in [-0.4, -0.2) is 71.9 Å². The summed E-state index contributed by atoms with van der Waals surface area (Å²) >= 11 is 0. The van der Waals surface area contributed by atoms with Crippen molar-refractivity contribution in [2.24, 2.45) is 4.99 Å². The molecule has 9 nitrogen and oxygen atoms in total. The zero-order valence-electron chi connectivity index (χ0n) is 17.5. The molecule has 1 heterocycles. The lowest BCUT2D eigenvalue weighted by molar-refractivity contribution is -0.384. The molecular formula is C21H30N6O3. The second-order valence-corrected chi connectivity index (χ2v) is 7.98.